The smallest absolute Gasteiger partial charge is 0.339 e. The lowest BCUT2D eigenvalue weighted by atomic mass is 10.1. The predicted molar refractivity (Wildman–Crippen MR) is 102 cm³/mol. The number of anilines is 1. The third-order valence-electron chi connectivity index (χ3n) is 4.73. The minimum Gasteiger partial charge on any atom is -0.484 e. The van der Waals surface area contributed by atoms with Gasteiger partial charge in [0.25, 0.3) is 5.91 Å². The van der Waals surface area contributed by atoms with E-state index in [4.69, 9.17) is 14.3 Å². The van der Waals surface area contributed by atoms with E-state index in [2.05, 4.69) is 5.32 Å². The minimum atomic E-state index is -1.03. The van der Waals surface area contributed by atoms with E-state index < -0.39 is 11.9 Å². The highest BCUT2D eigenvalue weighted by Gasteiger charge is 2.19. The Kier molecular flexibility index (Phi) is 4.57. The molecular weight excluding hydrogens is 362 g/mol. The first-order chi connectivity index (χ1) is 13.5. The number of hydrogen-bond acceptors (Lipinski definition) is 5. The summed E-state index contributed by atoms with van der Waals surface area (Å²) >= 11 is 0. The molecule has 2 N–H and O–H groups in total. The molecule has 4 rings (SSSR count). The molecule has 0 bridgehead atoms. The maximum Gasteiger partial charge on any atom is 0.339 e. The molecule has 0 atom stereocenters. The normalized spacial score (nSPS) is 12.6. The zero-order valence-corrected chi connectivity index (χ0v) is 14.9. The number of benzene rings is 2. The molecule has 7 heteroatoms. The Hall–Kier alpha value is -3.61. The molecule has 1 heterocycles. The van der Waals surface area contributed by atoms with Crippen LogP contribution in [0.4, 0.5) is 5.69 Å². The van der Waals surface area contributed by atoms with Crippen LogP contribution in [0, 0.1) is 0 Å². The summed E-state index contributed by atoms with van der Waals surface area (Å²) in [5.41, 5.74) is 2.55. The van der Waals surface area contributed by atoms with E-state index in [1.807, 2.05) is 6.07 Å². The van der Waals surface area contributed by atoms with E-state index in [-0.39, 0.29) is 17.8 Å². The number of carbonyl (C=O) groups excluding carboxylic acids is 1. The van der Waals surface area contributed by atoms with Crippen LogP contribution in [-0.2, 0) is 17.6 Å². The van der Waals surface area contributed by atoms with Gasteiger partial charge in [-0.3, -0.25) is 4.79 Å². The Morgan fingerprint density at radius 1 is 1.07 bits per heavy atom. The van der Waals surface area contributed by atoms with Crippen LogP contribution in [0.1, 0.15) is 27.9 Å². The molecule has 0 saturated carbocycles. The molecule has 0 unspecified atom stereocenters. The van der Waals surface area contributed by atoms with Crippen LogP contribution in [0.2, 0.25) is 0 Å². The lowest BCUT2D eigenvalue weighted by molar-refractivity contribution is -0.118. The minimum absolute atomic E-state index is 0.137. The Bertz CT molecular complexity index is 1130. The standard InChI is InChI=1S/C21H17NO6/c23-19(22-13-6-4-12(5-7-13)20(24)25)11-27-14-8-9-16-15-2-1-3-17(15)21(26)28-18(16)10-14/h4-10H,1-3,11H2,(H,22,23)(H,24,25). The summed E-state index contributed by atoms with van der Waals surface area (Å²) in [6.45, 7) is -0.235. The van der Waals surface area contributed by atoms with E-state index in [1.165, 1.54) is 24.3 Å². The van der Waals surface area contributed by atoms with Crippen molar-refractivity contribution >= 4 is 28.5 Å². The van der Waals surface area contributed by atoms with Crippen molar-refractivity contribution in [2.24, 2.45) is 0 Å². The summed E-state index contributed by atoms with van der Waals surface area (Å²) < 4.78 is 10.9. The zero-order chi connectivity index (χ0) is 19.7. The second-order valence-electron chi connectivity index (χ2n) is 6.58. The number of nitrogens with one attached hydrogen (secondary N) is 1. The number of hydrogen-bond donors (Lipinski definition) is 2. The van der Waals surface area contributed by atoms with Crippen LogP contribution in [0.25, 0.3) is 11.0 Å². The zero-order valence-electron chi connectivity index (χ0n) is 14.9. The number of rotatable bonds is 5. The fourth-order valence-electron chi connectivity index (χ4n) is 3.40. The monoisotopic (exact) mass is 379 g/mol. The molecule has 1 aliphatic carbocycles. The van der Waals surface area contributed by atoms with Crippen molar-refractivity contribution in [1.29, 1.82) is 0 Å². The molecule has 28 heavy (non-hydrogen) atoms. The van der Waals surface area contributed by atoms with Gasteiger partial charge in [-0.05, 0) is 61.2 Å². The molecule has 142 valence electrons. The van der Waals surface area contributed by atoms with Gasteiger partial charge in [0.2, 0.25) is 0 Å². The van der Waals surface area contributed by atoms with Gasteiger partial charge in [0, 0.05) is 22.7 Å². The molecule has 0 aliphatic heterocycles. The van der Waals surface area contributed by atoms with Gasteiger partial charge in [0.1, 0.15) is 11.3 Å². The number of amides is 1. The molecule has 3 aromatic rings. The van der Waals surface area contributed by atoms with E-state index in [0.717, 1.165) is 35.8 Å². The Balaban J connectivity index is 1.43. The van der Waals surface area contributed by atoms with Gasteiger partial charge >= 0.3 is 11.6 Å². The van der Waals surface area contributed by atoms with Crippen molar-refractivity contribution in [2.75, 3.05) is 11.9 Å². The molecule has 2 aromatic carbocycles. The molecule has 1 aliphatic rings. The lowest BCUT2D eigenvalue weighted by Crippen LogP contribution is -2.20. The van der Waals surface area contributed by atoms with Gasteiger partial charge < -0.3 is 19.6 Å². The Morgan fingerprint density at radius 2 is 1.82 bits per heavy atom. The van der Waals surface area contributed by atoms with Crippen LogP contribution in [0.15, 0.2) is 51.7 Å². The van der Waals surface area contributed by atoms with Crippen molar-refractivity contribution in [3.05, 3.63) is 69.6 Å². The highest BCUT2D eigenvalue weighted by molar-refractivity contribution is 5.93. The third-order valence-corrected chi connectivity index (χ3v) is 4.73. The first-order valence-electron chi connectivity index (χ1n) is 8.86. The number of aryl methyl sites for hydroxylation is 1. The van der Waals surface area contributed by atoms with Crippen LogP contribution in [0.3, 0.4) is 0 Å². The topological polar surface area (TPSA) is 106 Å². The first-order valence-corrected chi connectivity index (χ1v) is 8.86. The molecule has 1 aromatic heterocycles. The van der Waals surface area contributed by atoms with E-state index in [9.17, 15) is 14.4 Å². The summed E-state index contributed by atoms with van der Waals surface area (Å²) in [6.07, 6.45) is 2.56. The number of carboxylic acid groups (broad SMARTS) is 1. The highest BCUT2D eigenvalue weighted by Crippen LogP contribution is 2.29. The molecule has 0 fully saturated rings. The van der Waals surface area contributed by atoms with Gasteiger partial charge in [-0.1, -0.05) is 0 Å². The van der Waals surface area contributed by atoms with E-state index >= 15 is 0 Å². The van der Waals surface area contributed by atoms with Crippen molar-refractivity contribution in [3.63, 3.8) is 0 Å². The molecule has 0 saturated heterocycles. The van der Waals surface area contributed by atoms with Crippen LogP contribution in [-0.4, -0.2) is 23.6 Å². The van der Waals surface area contributed by atoms with Gasteiger partial charge in [0.15, 0.2) is 6.61 Å². The van der Waals surface area contributed by atoms with E-state index in [0.29, 0.717) is 17.0 Å². The number of fused-ring (bicyclic) bond motifs is 3. The van der Waals surface area contributed by atoms with Crippen LogP contribution in [0.5, 0.6) is 5.75 Å². The number of carbonyl (C=O) groups is 2. The largest absolute Gasteiger partial charge is 0.484 e. The van der Waals surface area contributed by atoms with Gasteiger partial charge in [-0.25, -0.2) is 9.59 Å². The quantitative estimate of drug-likeness (QED) is 0.660. The molecule has 0 spiro atoms. The summed E-state index contributed by atoms with van der Waals surface area (Å²) in [7, 11) is 0. The summed E-state index contributed by atoms with van der Waals surface area (Å²) in [6, 6.07) is 11.0. The maximum absolute atomic E-state index is 12.1. The maximum atomic E-state index is 12.1. The first kappa shape index (κ1) is 17.8. The second-order valence-corrected chi connectivity index (χ2v) is 6.58. The number of ether oxygens (including phenoxy) is 1. The summed E-state index contributed by atoms with van der Waals surface area (Å²) in [4.78, 5) is 34.9. The summed E-state index contributed by atoms with van der Waals surface area (Å²) in [5.74, 6) is -1.00. The SMILES string of the molecule is O=C(COc1ccc2c3c(c(=O)oc2c1)CCC3)Nc1ccc(C(=O)O)cc1. The van der Waals surface area contributed by atoms with Crippen LogP contribution < -0.4 is 15.7 Å². The van der Waals surface area contributed by atoms with Crippen molar-refractivity contribution in [1.82, 2.24) is 0 Å². The third kappa shape index (κ3) is 3.46. The van der Waals surface area contributed by atoms with Gasteiger partial charge in [-0.2, -0.15) is 0 Å². The summed E-state index contributed by atoms with van der Waals surface area (Å²) in [5, 5.41) is 12.4. The Morgan fingerprint density at radius 3 is 2.57 bits per heavy atom. The number of carboxylic acids is 1. The molecule has 7 nitrogen and oxygen atoms in total. The average Bonchev–Trinajstić information content (AvgIpc) is 3.17. The molecule has 0 radical (unpaired) electrons. The van der Waals surface area contributed by atoms with E-state index in [1.54, 1.807) is 12.1 Å². The molecule has 1 amide bonds. The second kappa shape index (κ2) is 7.19. The van der Waals surface area contributed by atoms with Gasteiger partial charge in [-0.15, -0.1) is 0 Å². The average molecular weight is 379 g/mol. The van der Waals surface area contributed by atoms with Crippen molar-refractivity contribution in [2.45, 2.75) is 19.3 Å². The Labute approximate surface area is 159 Å². The predicted octanol–water partition coefficient (Wildman–Crippen LogP) is 3.00. The van der Waals surface area contributed by atoms with Gasteiger partial charge in [0.05, 0.1) is 5.56 Å². The fourth-order valence-corrected chi connectivity index (χ4v) is 3.40. The lowest BCUT2D eigenvalue weighted by Gasteiger charge is -2.09. The van der Waals surface area contributed by atoms with Crippen molar-refractivity contribution < 1.29 is 23.8 Å². The fraction of sp³-hybridized carbons (Fsp3) is 0.190. The number of aromatic carboxylic acids is 1. The van der Waals surface area contributed by atoms with Crippen LogP contribution >= 0.6 is 0 Å². The van der Waals surface area contributed by atoms with Crippen molar-refractivity contribution in [3.8, 4) is 5.75 Å². The highest BCUT2D eigenvalue weighted by atomic mass is 16.5. The molecular formula is C21H17NO6.